The lowest BCUT2D eigenvalue weighted by Gasteiger charge is -2.36. The fourth-order valence-electron chi connectivity index (χ4n) is 4.31. The van der Waals surface area contributed by atoms with Crippen molar-refractivity contribution in [2.24, 2.45) is 0 Å². The van der Waals surface area contributed by atoms with Crippen LogP contribution in [0.2, 0.25) is 0 Å². The van der Waals surface area contributed by atoms with Gasteiger partial charge in [0.05, 0.1) is 12.8 Å². The Morgan fingerprint density at radius 1 is 1.04 bits per heavy atom. The minimum absolute atomic E-state index is 0.268. The Kier molecular flexibility index (Phi) is 5.49. The summed E-state index contributed by atoms with van der Waals surface area (Å²) in [6, 6.07) is 16.5. The molecule has 0 amide bonds. The molecule has 1 unspecified atom stereocenters. The van der Waals surface area contributed by atoms with Crippen molar-refractivity contribution in [2.75, 3.05) is 44.7 Å². The molecule has 4 heteroatoms. The first-order valence-electron chi connectivity index (χ1n) is 10.1. The maximum absolute atomic E-state index is 12.8. The highest BCUT2D eigenvalue weighted by molar-refractivity contribution is 6.22. The van der Waals surface area contributed by atoms with Crippen LogP contribution in [0.15, 0.2) is 54.6 Å². The highest BCUT2D eigenvalue weighted by Crippen LogP contribution is 2.36. The number of piperazine rings is 1. The largest absolute Gasteiger partial charge is 0.495 e. The number of carbonyl (C=O) groups is 1. The Balaban J connectivity index is 1.32. The second kappa shape index (κ2) is 8.19. The van der Waals surface area contributed by atoms with E-state index in [4.69, 9.17) is 4.74 Å². The Morgan fingerprint density at radius 3 is 2.54 bits per heavy atom. The van der Waals surface area contributed by atoms with Crippen molar-refractivity contribution in [1.82, 2.24) is 4.90 Å². The molecule has 4 nitrogen and oxygen atoms in total. The Hall–Kier alpha value is -2.59. The zero-order valence-electron chi connectivity index (χ0n) is 16.7. The average molecular weight is 377 g/mol. The third-order valence-corrected chi connectivity index (χ3v) is 5.91. The number of hydrogen-bond donors (Lipinski definition) is 0. The molecule has 0 radical (unpaired) electrons. The summed E-state index contributed by atoms with van der Waals surface area (Å²) in [5, 5.41) is 0. The molecule has 0 aromatic heterocycles. The summed E-state index contributed by atoms with van der Waals surface area (Å²) in [4.78, 5) is 17.6. The maximum atomic E-state index is 12.8. The fraction of sp³-hybridized carbons (Fsp3) is 0.375. The van der Waals surface area contributed by atoms with E-state index in [0.29, 0.717) is 12.3 Å². The van der Waals surface area contributed by atoms with Gasteiger partial charge in [-0.2, -0.15) is 0 Å². The molecule has 1 aliphatic carbocycles. The van der Waals surface area contributed by atoms with E-state index in [-0.39, 0.29) is 5.78 Å². The number of benzene rings is 2. The van der Waals surface area contributed by atoms with Crippen LogP contribution in [0, 0.1) is 0 Å². The van der Waals surface area contributed by atoms with E-state index in [9.17, 15) is 4.79 Å². The van der Waals surface area contributed by atoms with E-state index in [1.54, 1.807) is 7.11 Å². The second-order valence-corrected chi connectivity index (χ2v) is 7.63. The molecule has 0 saturated carbocycles. The molecule has 4 rings (SSSR count). The van der Waals surface area contributed by atoms with Crippen molar-refractivity contribution in [3.05, 3.63) is 65.7 Å². The number of anilines is 1. The van der Waals surface area contributed by atoms with Crippen molar-refractivity contribution >= 4 is 17.0 Å². The molecule has 28 heavy (non-hydrogen) atoms. The van der Waals surface area contributed by atoms with Crippen LogP contribution in [0.1, 0.15) is 30.4 Å². The molecule has 2 aromatic rings. The SMILES string of the molecule is COc1ccccc1N1CCN(CCC(=O)C2=CC(C)c3ccccc32)CC1. The van der Waals surface area contributed by atoms with Crippen molar-refractivity contribution in [3.8, 4) is 5.75 Å². The molecule has 1 fully saturated rings. The smallest absolute Gasteiger partial charge is 0.164 e. The van der Waals surface area contributed by atoms with Crippen LogP contribution in [0.4, 0.5) is 5.69 Å². The predicted molar refractivity (Wildman–Crippen MR) is 114 cm³/mol. The first kappa shape index (κ1) is 18.8. The molecule has 1 saturated heterocycles. The Labute approximate surface area is 167 Å². The number of Topliss-reactive ketones (excluding diaryl/α,β-unsaturated/α-hetero) is 1. The summed E-state index contributed by atoms with van der Waals surface area (Å²) < 4.78 is 5.49. The van der Waals surface area contributed by atoms with Gasteiger partial charge in [0.2, 0.25) is 0 Å². The number of nitrogens with zero attached hydrogens (tertiary/aromatic N) is 2. The number of fused-ring (bicyclic) bond motifs is 1. The summed E-state index contributed by atoms with van der Waals surface area (Å²) in [6.45, 7) is 6.84. The molecule has 0 bridgehead atoms. The van der Waals surface area contributed by atoms with Gasteiger partial charge in [0, 0.05) is 50.6 Å². The van der Waals surface area contributed by atoms with E-state index in [2.05, 4.69) is 53.1 Å². The monoisotopic (exact) mass is 376 g/mol. The molecule has 146 valence electrons. The van der Waals surface area contributed by atoms with Crippen molar-refractivity contribution in [2.45, 2.75) is 19.3 Å². The van der Waals surface area contributed by atoms with Crippen LogP contribution in [-0.4, -0.2) is 50.5 Å². The molecular formula is C24H28N2O2. The van der Waals surface area contributed by atoms with E-state index >= 15 is 0 Å². The highest BCUT2D eigenvalue weighted by atomic mass is 16.5. The van der Waals surface area contributed by atoms with Crippen LogP contribution < -0.4 is 9.64 Å². The van der Waals surface area contributed by atoms with E-state index < -0.39 is 0 Å². The van der Waals surface area contributed by atoms with Gasteiger partial charge in [-0.25, -0.2) is 0 Å². The standard InChI is InChI=1S/C24H28N2O2/c1-18-17-21(20-8-4-3-7-19(18)20)23(27)11-12-25-13-15-26(16-14-25)22-9-5-6-10-24(22)28-2/h3-10,17-18H,11-16H2,1-2H3. The molecule has 1 atom stereocenters. The first-order valence-corrected chi connectivity index (χ1v) is 10.1. The van der Waals surface area contributed by atoms with Gasteiger partial charge in [-0.05, 0) is 23.3 Å². The van der Waals surface area contributed by atoms with Gasteiger partial charge < -0.3 is 9.64 Å². The van der Waals surface area contributed by atoms with Crippen LogP contribution in [0.5, 0.6) is 5.75 Å². The molecule has 0 spiro atoms. The number of ether oxygens (including phenoxy) is 1. The Bertz CT molecular complexity index is 882. The highest BCUT2D eigenvalue weighted by Gasteiger charge is 2.25. The molecule has 0 N–H and O–H groups in total. The maximum Gasteiger partial charge on any atom is 0.164 e. The number of para-hydroxylation sites is 2. The molecular weight excluding hydrogens is 348 g/mol. The van der Waals surface area contributed by atoms with E-state index in [1.807, 2.05) is 18.2 Å². The minimum Gasteiger partial charge on any atom is -0.495 e. The molecule has 2 aromatic carbocycles. The van der Waals surface area contributed by atoms with Crippen molar-refractivity contribution in [3.63, 3.8) is 0 Å². The lowest BCUT2D eigenvalue weighted by molar-refractivity contribution is -0.114. The first-order chi connectivity index (χ1) is 13.7. The normalized spacial score (nSPS) is 19.3. The fourth-order valence-corrected chi connectivity index (χ4v) is 4.31. The molecule has 2 aliphatic rings. The van der Waals surface area contributed by atoms with Gasteiger partial charge in [0.1, 0.15) is 5.75 Å². The van der Waals surface area contributed by atoms with Crippen LogP contribution in [0.3, 0.4) is 0 Å². The summed E-state index contributed by atoms with van der Waals surface area (Å²) in [5.41, 5.74) is 4.47. The van der Waals surface area contributed by atoms with Crippen LogP contribution >= 0.6 is 0 Å². The lowest BCUT2D eigenvalue weighted by Crippen LogP contribution is -2.47. The second-order valence-electron chi connectivity index (χ2n) is 7.63. The Morgan fingerprint density at radius 2 is 1.75 bits per heavy atom. The quantitative estimate of drug-likeness (QED) is 0.764. The summed E-state index contributed by atoms with van der Waals surface area (Å²) in [7, 11) is 1.72. The average Bonchev–Trinajstić information content (AvgIpc) is 3.09. The number of rotatable bonds is 6. The third kappa shape index (κ3) is 3.69. The summed E-state index contributed by atoms with van der Waals surface area (Å²) in [5.74, 6) is 1.52. The minimum atomic E-state index is 0.268. The molecule has 1 aliphatic heterocycles. The number of ketones is 1. The number of allylic oxidation sites excluding steroid dienone is 2. The van der Waals surface area contributed by atoms with Crippen LogP contribution in [-0.2, 0) is 4.79 Å². The number of carbonyl (C=O) groups excluding carboxylic acids is 1. The summed E-state index contributed by atoms with van der Waals surface area (Å²) >= 11 is 0. The van der Waals surface area contributed by atoms with E-state index in [1.165, 1.54) is 5.56 Å². The van der Waals surface area contributed by atoms with Crippen LogP contribution in [0.25, 0.3) is 5.57 Å². The van der Waals surface area contributed by atoms with E-state index in [0.717, 1.165) is 55.3 Å². The van der Waals surface area contributed by atoms with Gasteiger partial charge >= 0.3 is 0 Å². The van der Waals surface area contributed by atoms with Gasteiger partial charge in [-0.3, -0.25) is 9.69 Å². The van der Waals surface area contributed by atoms with Gasteiger partial charge in [-0.15, -0.1) is 0 Å². The zero-order valence-corrected chi connectivity index (χ0v) is 16.7. The van der Waals surface area contributed by atoms with Gasteiger partial charge in [0.25, 0.3) is 0 Å². The number of hydrogen-bond acceptors (Lipinski definition) is 4. The van der Waals surface area contributed by atoms with Gasteiger partial charge in [-0.1, -0.05) is 49.4 Å². The van der Waals surface area contributed by atoms with Gasteiger partial charge in [0.15, 0.2) is 5.78 Å². The zero-order chi connectivity index (χ0) is 19.5. The predicted octanol–water partition coefficient (Wildman–Crippen LogP) is 3.98. The number of methoxy groups -OCH3 is 1. The van der Waals surface area contributed by atoms with Crippen molar-refractivity contribution < 1.29 is 9.53 Å². The summed E-state index contributed by atoms with van der Waals surface area (Å²) in [6.07, 6.45) is 2.72. The van der Waals surface area contributed by atoms with Crippen molar-refractivity contribution in [1.29, 1.82) is 0 Å². The lowest BCUT2D eigenvalue weighted by atomic mass is 9.99. The third-order valence-electron chi connectivity index (χ3n) is 5.91. The molecule has 1 heterocycles. The topological polar surface area (TPSA) is 32.8 Å².